The van der Waals surface area contributed by atoms with E-state index in [-0.39, 0.29) is 31.6 Å². The van der Waals surface area contributed by atoms with Crippen LogP contribution in [0.2, 0.25) is 0 Å². The number of carbonyl (C=O) groups is 1. The maximum atomic E-state index is 10.0. The number of benzene rings is 3. The first kappa shape index (κ1) is 25.3. The molecule has 1 N–H and O–H groups in total. The van der Waals surface area contributed by atoms with Crippen molar-refractivity contribution >= 4 is 46.4 Å². The van der Waals surface area contributed by atoms with Crippen LogP contribution in [-0.2, 0) is 24.9 Å². The summed E-state index contributed by atoms with van der Waals surface area (Å²) in [6.07, 6.45) is 3.01. The van der Waals surface area contributed by atoms with Crippen LogP contribution >= 0.6 is 23.5 Å². The zero-order chi connectivity index (χ0) is 23.7. The second-order valence-corrected chi connectivity index (χ2v) is 9.95. The summed E-state index contributed by atoms with van der Waals surface area (Å²) in [7, 11) is 0. The van der Waals surface area contributed by atoms with E-state index in [0.717, 1.165) is 16.2 Å². The Balaban J connectivity index is 0.000000320. The van der Waals surface area contributed by atoms with Crippen molar-refractivity contribution in [2.75, 3.05) is 4.90 Å². The van der Waals surface area contributed by atoms with Crippen LogP contribution in [0.1, 0.15) is 13.8 Å². The molecule has 0 aliphatic carbocycles. The minimum absolute atomic E-state index is 0. The molecule has 0 unspecified atom stereocenters. The summed E-state index contributed by atoms with van der Waals surface area (Å²) in [5, 5.41) is 8.36. The number of ketones is 1. The molecule has 4 nitrogen and oxygen atoms in total. The number of rotatable bonds is 2. The average molecular weight is 674 g/mol. The van der Waals surface area contributed by atoms with Crippen LogP contribution in [0.5, 0.6) is 0 Å². The molecule has 0 atom stereocenters. The predicted molar refractivity (Wildman–Crippen MR) is 139 cm³/mol. The normalized spacial score (nSPS) is 12.7. The number of aromatic nitrogens is 1. The molecule has 2 aliphatic heterocycles. The maximum Gasteiger partial charge on any atom is 0.155 e. The summed E-state index contributed by atoms with van der Waals surface area (Å²) < 4.78 is 0. The van der Waals surface area contributed by atoms with Crippen molar-refractivity contribution in [3.8, 4) is 11.3 Å². The van der Waals surface area contributed by atoms with Crippen LogP contribution in [0.25, 0.3) is 11.3 Å². The van der Waals surface area contributed by atoms with Crippen LogP contribution in [0, 0.1) is 6.07 Å². The molecular weight excluding hydrogens is 653 g/mol. The Bertz CT molecular complexity index is 1350. The molecular formula is C28H21IrN2O2S2-. The molecule has 4 aromatic rings. The van der Waals surface area contributed by atoms with Gasteiger partial charge in [-0.15, -0.1) is 41.2 Å². The summed E-state index contributed by atoms with van der Waals surface area (Å²) in [4.78, 5) is 21.9. The molecule has 3 heterocycles. The van der Waals surface area contributed by atoms with Gasteiger partial charge < -0.3 is 15.0 Å². The van der Waals surface area contributed by atoms with Gasteiger partial charge >= 0.3 is 0 Å². The van der Waals surface area contributed by atoms with Crippen molar-refractivity contribution in [1.82, 2.24) is 4.98 Å². The van der Waals surface area contributed by atoms with Crippen molar-refractivity contribution < 1.29 is 30.0 Å². The quantitative estimate of drug-likeness (QED) is 0.114. The second-order valence-electron chi connectivity index (χ2n) is 7.81. The van der Waals surface area contributed by atoms with Gasteiger partial charge in [0.15, 0.2) is 5.78 Å². The fraction of sp³-hybridized carbons (Fsp3) is 0.0714. The Morgan fingerprint density at radius 2 is 1.54 bits per heavy atom. The van der Waals surface area contributed by atoms with Crippen LogP contribution in [0.4, 0.5) is 17.1 Å². The standard InChI is InChI=1S/C23H13N2S2.C5H8O2.Ir/c1-3-10-19-17(8-1)25-18-9-2-4-11-20(18)27-22-14-15(13-21(26-19)23(22)25)16-7-5-6-12-24-16;1-4(6)3-5(2)7;/h1-13H;3,6H,1-2H3;/q-1;;/b;4-3-;. The van der Waals surface area contributed by atoms with E-state index < -0.39 is 0 Å². The maximum absolute atomic E-state index is 10.0. The van der Waals surface area contributed by atoms with Crippen molar-refractivity contribution in [1.29, 1.82) is 0 Å². The zero-order valence-corrected chi connectivity index (χ0v) is 23.0. The molecule has 2 aliphatic rings. The monoisotopic (exact) mass is 674 g/mol. The Morgan fingerprint density at radius 3 is 2.11 bits per heavy atom. The fourth-order valence-electron chi connectivity index (χ4n) is 3.90. The number of nitrogens with zero attached hydrogens (tertiary/aromatic N) is 2. The van der Waals surface area contributed by atoms with E-state index in [1.165, 1.54) is 51.7 Å². The largest absolute Gasteiger partial charge is 0.512 e. The molecule has 177 valence electrons. The van der Waals surface area contributed by atoms with Crippen molar-refractivity contribution in [3.05, 3.63) is 96.9 Å². The van der Waals surface area contributed by atoms with Crippen LogP contribution < -0.4 is 4.90 Å². The van der Waals surface area contributed by atoms with E-state index >= 15 is 0 Å². The third-order valence-electron chi connectivity index (χ3n) is 5.19. The minimum atomic E-state index is -0.125. The first-order chi connectivity index (χ1) is 16.5. The van der Waals surface area contributed by atoms with E-state index in [0.29, 0.717) is 0 Å². The van der Waals surface area contributed by atoms with Gasteiger partial charge in [-0.2, -0.15) is 0 Å². The van der Waals surface area contributed by atoms with E-state index in [9.17, 15) is 4.79 Å². The molecule has 0 amide bonds. The smallest absolute Gasteiger partial charge is 0.155 e. The SMILES string of the molecule is CC(=O)/C=C(/C)O.[Ir].[c-]1c(-c2ccccn2)cc2c3c1Sc1ccccc1N3c1ccccc1S2. The van der Waals surface area contributed by atoms with Gasteiger partial charge in [-0.3, -0.25) is 4.79 Å². The van der Waals surface area contributed by atoms with Crippen molar-refractivity contribution in [2.45, 2.75) is 33.4 Å². The van der Waals surface area contributed by atoms with E-state index in [2.05, 4.69) is 70.5 Å². The molecule has 0 saturated carbocycles. The third-order valence-corrected chi connectivity index (χ3v) is 7.35. The summed E-state index contributed by atoms with van der Waals surface area (Å²) >= 11 is 3.63. The van der Waals surface area contributed by atoms with Gasteiger partial charge in [0.25, 0.3) is 0 Å². The van der Waals surface area contributed by atoms with Gasteiger partial charge in [0.1, 0.15) is 0 Å². The fourth-order valence-corrected chi connectivity index (χ4v) is 6.17. The van der Waals surface area contributed by atoms with Gasteiger partial charge in [0.2, 0.25) is 0 Å². The van der Waals surface area contributed by atoms with Crippen molar-refractivity contribution in [2.24, 2.45) is 0 Å². The van der Waals surface area contributed by atoms with Gasteiger partial charge in [-0.1, -0.05) is 36.4 Å². The number of pyridine rings is 1. The van der Waals surface area contributed by atoms with Crippen molar-refractivity contribution in [3.63, 3.8) is 0 Å². The number of anilines is 3. The van der Waals surface area contributed by atoms with E-state index in [1.807, 2.05) is 36.2 Å². The minimum Gasteiger partial charge on any atom is -0.512 e. The molecule has 0 bridgehead atoms. The predicted octanol–water partition coefficient (Wildman–Crippen LogP) is 7.98. The molecule has 0 saturated heterocycles. The van der Waals surface area contributed by atoms with Gasteiger partial charge in [0, 0.05) is 42.2 Å². The summed E-state index contributed by atoms with van der Waals surface area (Å²) in [5.74, 6) is -0.0625. The number of aliphatic hydroxyl groups is 1. The second kappa shape index (κ2) is 10.8. The third kappa shape index (κ3) is 5.24. The number of hydrogen-bond acceptors (Lipinski definition) is 6. The molecule has 0 spiro atoms. The topological polar surface area (TPSA) is 53.4 Å². The van der Waals surface area contributed by atoms with Crippen LogP contribution in [-0.4, -0.2) is 15.9 Å². The molecule has 1 aromatic heterocycles. The van der Waals surface area contributed by atoms with Gasteiger partial charge in [0.05, 0.1) is 17.1 Å². The summed E-state index contributed by atoms with van der Waals surface area (Å²) in [5.41, 5.74) is 5.72. The Hall–Kier alpha value is -2.83. The summed E-state index contributed by atoms with van der Waals surface area (Å²) in [6, 6.07) is 29.1. The van der Waals surface area contributed by atoms with Gasteiger partial charge in [-0.25, -0.2) is 0 Å². The van der Waals surface area contributed by atoms with E-state index in [4.69, 9.17) is 5.11 Å². The summed E-state index contributed by atoms with van der Waals surface area (Å²) in [6.45, 7) is 2.85. The number of carbonyl (C=O) groups excluding carboxylic acids is 1. The Morgan fingerprint density at radius 1 is 0.914 bits per heavy atom. The number of aliphatic hydroxyl groups excluding tert-OH is 1. The molecule has 0 fully saturated rings. The first-order valence-corrected chi connectivity index (χ1v) is 12.4. The number of allylic oxidation sites excluding steroid dienone is 2. The van der Waals surface area contributed by atoms with Crippen LogP contribution in [0.15, 0.2) is 110 Å². The molecule has 1 radical (unpaired) electrons. The van der Waals surface area contributed by atoms with Gasteiger partial charge in [-0.05, 0) is 65.4 Å². The zero-order valence-electron chi connectivity index (χ0n) is 19.0. The van der Waals surface area contributed by atoms with E-state index in [1.54, 1.807) is 11.8 Å². The number of fused-ring (bicyclic) bond motifs is 4. The number of hydrogen-bond donors (Lipinski definition) is 1. The Labute approximate surface area is 226 Å². The molecule has 35 heavy (non-hydrogen) atoms. The molecule has 6 rings (SSSR count). The van der Waals surface area contributed by atoms with Crippen LogP contribution in [0.3, 0.4) is 0 Å². The average Bonchev–Trinajstić information content (AvgIpc) is 2.83. The molecule has 3 aromatic carbocycles. The number of para-hydroxylation sites is 2. The first-order valence-electron chi connectivity index (χ1n) is 10.7. The Kier molecular flexibility index (Phi) is 7.82. The molecule has 7 heteroatoms.